The molecule has 1 fully saturated rings. The van der Waals surface area contributed by atoms with E-state index in [2.05, 4.69) is 12.0 Å². The van der Waals surface area contributed by atoms with Crippen molar-refractivity contribution in [2.24, 2.45) is 11.3 Å². The van der Waals surface area contributed by atoms with Gasteiger partial charge in [0.15, 0.2) is 0 Å². The monoisotopic (exact) mass is 284 g/mol. The van der Waals surface area contributed by atoms with Crippen LogP contribution in [0.25, 0.3) is 5.69 Å². The fourth-order valence-corrected chi connectivity index (χ4v) is 3.39. The van der Waals surface area contributed by atoms with Gasteiger partial charge in [-0.05, 0) is 49.3 Å². The van der Waals surface area contributed by atoms with E-state index in [-0.39, 0.29) is 0 Å². The Morgan fingerprint density at radius 1 is 1.43 bits per heavy atom. The molecule has 2 aromatic rings. The Balaban J connectivity index is 1.82. The van der Waals surface area contributed by atoms with Gasteiger partial charge in [-0.3, -0.25) is 4.79 Å². The van der Waals surface area contributed by atoms with Gasteiger partial charge in [-0.1, -0.05) is 25.1 Å². The third kappa shape index (κ3) is 2.71. The normalized spacial score (nSPS) is 25.1. The smallest absolute Gasteiger partial charge is 0.309 e. The average molecular weight is 284 g/mol. The fraction of sp³-hybridized carbons (Fsp3) is 0.412. The van der Waals surface area contributed by atoms with Crippen LogP contribution >= 0.6 is 0 Å². The SMILES string of the molecule is CC1CCC(Cc2cnn(-c3ccccc3)c2)(C(=O)O)C1. The van der Waals surface area contributed by atoms with Gasteiger partial charge in [0.25, 0.3) is 0 Å². The largest absolute Gasteiger partial charge is 0.481 e. The van der Waals surface area contributed by atoms with E-state index >= 15 is 0 Å². The van der Waals surface area contributed by atoms with Crippen LogP contribution in [0, 0.1) is 11.3 Å². The summed E-state index contributed by atoms with van der Waals surface area (Å²) in [7, 11) is 0. The lowest BCUT2D eigenvalue weighted by Gasteiger charge is -2.23. The minimum Gasteiger partial charge on any atom is -0.481 e. The third-order valence-corrected chi connectivity index (χ3v) is 4.51. The number of hydrogen-bond donors (Lipinski definition) is 1. The van der Waals surface area contributed by atoms with E-state index in [9.17, 15) is 9.90 Å². The van der Waals surface area contributed by atoms with E-state index in [1.54, 1.807) is 6.20 Å². The van der Waals surface area contributed by atoms with E-state index in [0.717, 1.165) is 30.5 Å². The van der Waals surface area contributed by atoms with Gasteiger partial charge in [0.05, 0.1) is 17.3 Å². The molecule has 1 aliphatic rings. The van der Waals surface area contributed by atoms with Crippen LogP contribution in [0.5, 0.6) is 0 Å². The summed E-state index contributed by atoms with van der Waals surface area (Å²) in [6.45, 7) is 2.14. The highest BCUT2D eigenvalue weighted by molar-refractivity contribution is 5.75. The van der Waals surface area contributed by atoms with Crippen molar-refractivity contribution in [1.82, 2.24) is 9.78 Å². The number of rotatable bonds is 4. The maximum atomic E-state index is 11.7. The predicted octanol–water partition coefficient (Wildman–Crippen LogP) is 3.31. The Hall–Kier alpha value is -2.10. The molecule has 2 unspecified atom stereocenters. The maximum Gasteiger partial charge on any atom is 0.309 e. The summed E-state index contributed by atoms with van der Waals surface area (Å²) in [4.78, 5) is 11.7. The summed E-state index contributed by atoms with van der Waals surface area (Å²) in [5.41, 5.74) is 1.38. The number of para-hydroxylation sites is 1. The molecular formula is C17H20N2O2. The lowest BCUT2D eigenvalue weighted by Crippen LogP contribution is -2.30. The van der Waals surface area contributed by atoms with Crippen LogP contribution < -0.4 is 0 Å². The van der Waals surface area contributed by atoms with Crippen molar-refractivity contribution in [1.29, 1.82) is 0 Å². The zero-order valence-corrected chi connectivity index (χ0v) is 12.2. The van der Waals surface area contributed by atoms with Crippen LogP contribution in [0.4, 0.5) is 0 Å². The quantitative estimate of drug-likeness (QED) is 0.937. The molecule has 110 valence electrons. The van der Waals surface area contributed by atoms with Gasteiger partial charge < -0.3 is 5.11 Å². The predicted molar refractivity (Wildman–Crippen MR) is 80.4 cm³/mol. The minimum atomic E-state index is -0.667. The van der Waals surface area contributed by atoms with Crippen molar-refractivity contribution in [3.63, 3.8) is 0 Å². The molecule has 0 aliphatic heterocycles. The Morgan fingerprint density at radius 3 is 2.81 bits per heavy atom. The number of carbonyl (C=O) groups is 1. The van der Waals surface area contributed by atoms with Crippen LogP contribution in [-0.2, 0) is 11.2 Å². The number of carboxylic acids is 1. The van der Waals surface area contributed by atoms with Crippen LogP contribution in [0.1, 0.15) is 31.7 Å². The van der Waals surface area contributed by atoms with Crippen LogP contribution in [0.15, 0.2) is 42.7 Å². The van der Waals surface area contributed by atoms with E-state index in [1.807, 2.05) is 41.2 Å². The van der Waals surface area contributed by atoms with Gasteiger partial charge in [-0.15, -0.1) is 0 Å². The Labute approximate surface area is 124 Å². The molecular weight excluding hydrogens is 264 g/mol. The molecule has 1 aromatic carbocycles. The molecule has 21 heavy (non-hydrogen) atoms. The number of hydrogen-bond acceptors (Lipinski definition) is 2. The lowest BCUT2D eigenvalue weighted by molar-refractivity contribution is -0.148. The van der Waals surface area contributed by atoms with Gasteiger partial charge >= 0.3 is 5.97 Å². The van der Waals surface area contributed by atoms with E-state index in [0.29, 0.717) is 12.3 Å². The lowest BCUT2D eigenvalue weighted by atomic mass is 9.80. The molecule has 3 rings (SSSR count). The average Bonchev–Trinajstić information content (AvgIpc) is 3.08. The molecule has 4 nitrogen and oxygen atoms in total. The summed E-state index contributed by atoms with van der Waals surface area (Å²) in [6.07, 6.45) is 6.83. The fourth-order valence-electron chi connectivity index (χ4n) is 3.39. The number of aromatic nitrogens is 2. The first-order valence-corrected chi connectivity index (χ1v) is 7.41. The van der Waals surface area contributed by atoms with Gasteiger partial charge in [-0.25, -0.2) is 4.68 Å². The van der Waals surface area contributed by atoms with Crippen molar-refractivity contribution in [2.75, 3.05) is 0 Å². The van der Waals surface area contributed by atoms with Gasteiger partial charge in [0, 0.05) is 6.20 Å². The topological polar surface area (TPSA) is 55.1 Å². The van der Waals surface area contributed by atoms with Crippen LogP contribution in [0.3, 0.4) is 0 Å². The first-order valence-electron chi connectivity index (χ1n) is 7.41. The van der Waals surface area contributed by atoms with E-state index in [1.165, 1.54) is 0 Å². The molecule has 1 aliphatic carbocycles. The summed E-state index contributed by atoms with van der Waals surface area (Å²) < 4.78 is 1.81. The summed E-state index contributed by atoms with van der Waals surface area (Å²) in [6, 6.07) is 9.87. The highest BCUT2D eigenvalue weighted by Gasteiger charge is 2.44. The number of benzene rings is 1. The van der Waals surface area contributed by atoms with Gasteiger partial charge in [-0.2, -0.15) is 5.10 Å². The highest BCUT2D eigenvalue weighted by Crippen LogP contribution is 2.44. The standard InChI is InChI=1S/C17H20N2O2/c1-13-7-8-17(9-13,16(20)21)10-14-11-18-19(12-14)15-5-3-2-4-6-15/h2-6,11-13H,7-10H2,1H3,(H,20,21). The highest BCUT2D eigenvalue weighted by atomic mass is 16.4. The molecule has 0 radical (unpaired) electrons. The van der Waals surface area contributed by atoms with Crippen molar-refractivity contribution < 1.29 is 9.90 Å². The number of carboxylic acid groups (broad SMARTS) is 1. The van der Waals surface area contributed by atoms with Crippen molar-refractivity contribution in [3.05, 3.63) is 48.3 Å². The molecule has 0 spiro atoms. The Morgan fingerprint density at radius 2 is 2.19 bits per heavy atom. The molecule has 1 aromatic heterocycles. The second-order valence-electron chi connectivity index (χ2n) is 6.24. The first kappa shape index (κ1) is 13.9. The maximum absolute atomic E-state index is 11.7. The second kappa shape index (κ2) is 5.35. The van der Waals surface area contributed by atoms with Crippen molar-refractivity contribution >= 4 is 5.97 Å². The molecule has 0 amide bonds. The molecule has 0 saturated heterocycles. The second-order valence-corrected chi connectivity index (χ2v) is 6.24. The Kier molecular flexibility index (Phi) is 3.53. The molecule has 1 N–H and O–H groups in total. The minimum absolute atomic E-state index is 0.491. The molecule has 2 atom stereocenters. The molecule has 1 saturated carbocycles. The molecule has 0 bridgehead atoms. The number of nitrogens with zero attached hydrogens (tertiary/aromatic N) is 2. The van der Waals surface area contributed by atoms with Crippen LogP contribution in [-0.4, -0.2) is 20.9 Å². The number of aliphatic carboxylic acids is 1. The van der Waals surface area contributed by atoms with Gasteiger partial charge in [0.2, 0.25) is 0 Å². The Bertz CT molecular complexity index is 635. The summed E-state index contributed by atoms with van der Waals surface area (Å²) in [5.74, 6) is -0.176. The van der Waals surface area contributed by atoms with Crippen LogP contribution in [0.2, 0.25) is 0 Å². The van der Waals surface area contributed by atoms with Crippen molar-refractivity contribution in [3.8, 4) is 5.69 Å². The third-order valence-electron chi connectivity index (χ3n) is 4.51. The first-order chi connectivity index (χ1) is 10.1. The molecule has 1 heterocycles. The molecule has 4 heteroatoms. The summed E-state index contributed by atoms with van der Waals surface area (Å²) in [5, 5.41) is 14.0. The summed E-state index contributed by atoms with van der Waals surface area (Å²) >= 11 is 0. The van der Waals surface area contributed by atoms with E-state index in [4.69, 9.17) is 0 Å². The van der Waals surface area contributed by atoms with E-state index < -0.39 is 11.4 Å². The zero-order chi connectivity index (χ0) is 14.9. The zero-order valence-electron chi connectivity index (χ0n) is 12.2. The van der Waals surface area contributed by atoms with Gasteiger partial charge in [0.1, 0.15) is 0 Å². The van der Waals surface area contributed by atoms with Crippen molar-refractivity contribution in [2.45, 2.75) is 32.6 Å².